The Balaban J connectivity index is 2.24. The van der Waals surface area contributed by atoms with Crippen molar-refractivity contribution in [3.05, 3.63) is 72.0 Å². The van der Waals surface area contributed by atoms with Crippen LogP contribution in [0.3, 0.4) is 0 Å². The molecule has 0 saturated carbocycles. The third-order valence-corrected chi connectivity index (χ3v) is 3.49. The van der Waals surface area contributed by atoms with Crippen LogP contribution in [-0.2, 0) is 0 Å². The van der Waals surface area contributed by atoms with Crippen LogP contribution in [0.5, 0.6) is 0 Å². The molecule has 0 bridgehead atoms. The average molecular weight is 281 g/mol. The van der Waals surface area contributed by atoms with Crippen LogP contribution >= 0.6 is 0 Å². The van der Waals surface area contributed by atoms with Gasteiger partial charge < -0.3 is 16.8 Å². The average Bonchev–Trinajstić information content (AvgIpc) is 2.47. The maximum Gasteiger partial charge on any atom is 0.0634 e. The number of hydrogen-bond acceptors (Lipinski definition) is 3. The first-order valence-corrected chi connectivity index (χ1v) is 7.15. The van der Waals surface area contributed by atoms with E-state index in [0.29, 0.717) is 0 Å². The van der Waals surface area contributed by atoms with Gasteiger partial charge in [-0.05, 0) is 49.4 Å². The molecule has 3 nitrogen and oxygen atoms in total. The number of nitrogens with one attached hydrogen (secondary N) is 1. The fraction of sp³-hybridized carbons (Fsp3) is 0.222. The van der Waals surface area contributed by atoms with E-state index in [0.717, 1.165) is 16.8 Å². The molecule has 0 aromatic heterocycles. The fourth-order valence-electron chi connectivity index (χ4n) is 2.39. The molecule has 1 aromatic carbocycles. The van der Waals surface area contributed by atoms with Crippen molar-refractivity contribution < 1.29 is 0 Å². The minimum Gasteiger partial charge on any atom is -0.405 e. The van der Waals surface area contributed by atoms with Gasteiger partial charge in [-0.1, -0.05) is 42.0 Å². The Morgan fingerprint density at radius 2 is 1.95 bits per heavy atom. The lowest BCUT2D eigenvalue weighted by atomic mass is 9.99. The predicted octanol–water partition coefficient (Wildman–Crippen LogP) is 3.19. The molecule has 0 heterocycles. The van der Waals surface area contributed by atoms with Crippen LogP contribution in [0, 0.1) is 0 Å². The van der Waals surface area contributed by atoms with E-state index >= 15 is 0 Å². The maximum absolute atomic E-state index is 6.08. The third kappa shape index (κ3) is 3.86. The first-order valence-electron chi connectivity index (χ1n) is 7.15. The van der Waals surface area contributed by atoms with Crippen molar-refractivity contribution >= 4 is 11.3 Å². The standard InChI is InChI=1S/C18H23N3/c1-13(2)16(10-11-19)14-6-5-7-15(12-14)21-18-9-4-3-8-17(18)20/h3-12,17-18,21H,19-20H2,1-2H3/b11-10-. The summed E-state index contributed by atoms with van der Waals surface area (Å²) >= 11 is 0. The van der Waals surface area contributed by atoms with Gasteiger partial charge in [0.25, 0.3) is 0 Å². The van der Waals surface area contributed by atoms with Gasteiger partial charge in [0.15, 0.2) is 0 Å². The fourth-order valence-corrected chi connectivity index (χ4v) is 2.39. The molecule has 0 amide bonds. The molecule has 21 heavy (non-hydrogen) atoms. The molecule has 110 valence electrons. The molecule has 0 fully saturated rings. The van der Waals surface area contributed by atoms with Crippen molar-refractivity contribution in [3.8, 4) is 0 Å². The Morgan fingerprint density at radius 1 is 1.19 bits per heavy atom. The van der Waals surface area contributed by atoms with E-state index in [1.54, 1.807) is 6.20 Å². The smallest absolute Gasteiger partial charge is 0.0634 e. The zero-order valence-corrected chi connectivity index (χ0v) is 12.6. The van der Waals surface area contributed by atoms with Gasteiger partial charge in [0.2, 0.25) is 0 Å². The highest BCUT2D eigenvalue weighted by molar-refractivity contribution is 5.77. The van der Waals surface area contributed by atoms with Crippen molar-refractivity contribution in [2.75, 3.05) is 5.32 Å². The molecule has 2 unspecified atom stereocenters. The van der Waals surface area contributed by atoms with Crippen LogP contribution in [0.4, 0.5) is 5.69 Å². The Kier molecular flexibility index (Phi) is 5.01. The number of hydrogen-bond donors (Lipinski definition) is 3. The van der Waals surface area contributed by atoms with Gasteiger partial charge in [-0.3, -0.25) is 0 Å². The SMILES string of the molecule is CC(C)=C(/C=C\N)c1cccc(NC2C=CC=CC2N)c1. The number of nitrogens with two attached hydrogens (primary N) is 2. The Hall–Kier alpha value is -2.26. The lowest BCUT2D eigenvalue weighted by Crippen LogP contribution is -2.38. The van der Waals surface area contributed by atoms with Crippen molar-refractivity contribution in [1.82, 2.24) is 0 Å². The number of anilines is 1. The zero-order valence-electron chi connectivity index (χ0n) is 12.6. The minimum absolute atomic E-state index is 0.00878. The second-order valence-corrected chi connectivity index (χ2v) is 5.37. The summed E-state index contributed by atoms with van der Waals surface area (Å²) in [6.45, 7) is 4.17. The Morgan fingerprint density at radius 3 is 2.62 bits per heavy atom. The predicted molar refractivity (Wildman–Crippen MR) is 91.7 cm³/mol. The summed E-state index contributed by atoms with van der Waals surface area (Å²) in [5.41, 5.74) is 16.2. The van der Waals surface area contributed by atoms with E-state index in [-0.39, 0.29) is 12.1 Å². The van der Waals surface area contributed by atoms with E-state index < -0.39 is 0 Å². The quantitative estimate of drug-likeness (QED) is 0.743. The first kappa shape index (κ1) is 15.1. The molecule has 0 radical (unpaired) electrons. The van der Waals surface area contributed by atoms with E-state index in [4.69, 9.17) is 11.5 Å². The lowest BCUT2D eigenvalue weighted by molar-refractivity contribution is 0.738. The zero-order chi connectivity index (χ0) is 15.2. The van der Waals surface area contributed by atoms with Crippen LogP contribution in [0.2, 0.25) is 0 Å². The number of rotatable bonds is 4. The molecule has 0 saturated heterocycles. The largest absolute Gasteiger partial charge is 0.405 e. The van der Waals surface area contributed by atoms with Gasteiger partial charge in [-0.25, -0.2) is 0 Å². The first-order chi connectivity index (χ1) is 10.1. The van der Waals surface area contributed by atoms with Crippen LogP contribution in [0.15, 0.2) is 66.4 Å². The van der Waals surface area contributed by atoms with E-state index in [1.807, 2.05) is 30.4 Å². The highest BCUT2D eigenvalue weighted by Gasteiger charge is 2.14. The summed E-state index contributed by atoms with van der Waals surface area (Å²) in [6.07, 6.45) is 11.6. The summed E-state index contributed by atoms with van der Waals surface area (Å²) in [6, 6.07) is 8.41. The highest BCUT2D eigenvalue weighted by atomic mass is 15.0. The molecular formula is C18H23N3. The third-order valence-electron chi connectivity index (χ3n) is 3.49. The van der Waals surface area contributed by atoms with Gasteiger partial charge in [0, 0.05) is 11.7 Å². The second-order valence-electron chi connectivity index (χ2n) is 5.37. The van der Waals surface area contributed by atoms with E-state index in [2.05, 4.69) is 43.4 Å². The Bertz CT molecular complexity index is 605. The van der Waals surface area contributed by atoms with Gasteiger partial charge in [0.05, 0.1) is 6.04 Å². The van der Waals surface area contributed by atoms with Crippen LogP contribution < -0.4 is 16.8 Å². The van der Waals surface area contributed by atoms with Crippen molar-refractivity contribution in [3.63, 3.8) is 0 Å². The molecule has 0 aliphatic heterocycles. The summed E-state index contributed by atoms with van der Waals surface area (Å²) in [4.78, 5) is 0. The minimum atomic E-state index is -0.00878. The lowest BCUT2D eigenvalue weighted by Gasteiger charge is -2.23. The number of allylic oxidation sites excluding steroid dienone is 5. The summed E-state index contributed by atoms with van der Waals surface area (Å²) in [5, 5.41) is 3.47. The molecule has 5 N–H and O–H groups in total. The van der Waals surface area contributed by atoms with Crippen LogP contribution in [-0.4, -0.2) is 12.1 Å². The molecule has 1 aromatic rings. The van der Waals surface area contributed by atoms with Gasteiger partial charge in [0.1, 0.15) is 0 Å². The topological polar surface area (TPSA) is 64.1 Å². The summed E-state index contributed by atoms with van der Waals surface area (Å²) in [7, 11) is 0. The van der Waals surface area contributed by atoms with Crippen molar-refractivity contribution in [2.45, 2.75) is 25.9 Å². The molecule has 2 rings (SSSR count). The Labute approximate surface area is 126 Å². The molecule has 1 aliphatic carbocycles. The molecule has 0 spiro atoms. The van der Waals surface area contributed by atoms with Crippen LogP contribution in [0.1, 0.15) is 19.4 Å². The molecule has 3 heteroatoms. The highest BCUT2D eigenvalue weighted by Crippen LogP contribution is 2.23. The molecule has 1 aliphatic rings. The van der Waals surface area contributed by atoms with Gasteiger partial charge in [-0.15, -0.1) is 0 Å². The molecular weight excluding hydrogens is 258 g/mol. The van der Waals surface area contributed by atoms with Crippen molar-refractivity contribution in [1.29, 1.82) is 0 Å². The molecule has 2 atom stereocenters. The van der Waals surface area contributed by atoms with E-state index in [1.165, 1.54) is 5.57 Å². The van der Waals surface area contributed by atoms with Crippen LogP contribution in [0.25, 0.3) is 5.57 Å². The maximum atomic E-state index is 6.08. The summed E-state index contributed by atoms with van der Waals surface area (Å²) in [5.74, 6) is 0. The number of benzene rings is 1. The van der Waals surface area contributed by atoms with Crippen molar-refractivity contribution in [2.24, 2.45) is 11.5 Å². The monoisotopic (exact) mass is 281 g/mol. The second kappa shape index (κ2) is 6.95. The van der Waals surface area contributed by atoms with Gasteiger partial charge >= 0.3 is 0 Å². The van der Waals surface area contributed by atoms with Gasteiger partial charge in [-0.2, -0.15) is 0 Å². The summed E-state index contributed by atoms with van der Waals surface area (Å²) < 4.78 is 0. The van der Waals surface area contributed by atoms with E-state index in [9.17, 15) is 0 Å². The normalized spacial score (nSPS) is 20.7.